The maximum absolute atomic E-state index is 6.31. The summed E-state index contributed by atoms with van der Waals surface area (Å²) < 4.78 is 5.30. The fraction of sp³-hybridized carbons (Fsp3) is 0.647. The Hall–Kier alpha value is -0.610. The van der Waals surface area contributed by atoms with Crippen molar-refractivity contribution in [3.63, 3.8) is 0 Å². The highest BCUT2D eigenvalue weighted by molar-refractivity contribution is 6.31. The van der Waals surface area contributed by atoms with Crippen LogP contribution in [0.4, 0.5) is 0 Å². The van der Waals surface area contributed by atoms with E-state index in [1.807, 2.05) is 19.2 Å². The highest BCUT2D eigenvalue weighted by atomic mass is 35.5. The summed E-state index contributed by atoms with van der Waals surface area (Å²) in [5.74, 6) is 0.692. The molecule has 21 heavy (non-hydrogen) atoms. The Balaban J connectivity index is 1.87. The van der Waals surface area contributed by atoms with Gasteiger partial charge in [-0.05, 0) is 56.9 Å². The lowest BCUT2D eigenvalue weighted by Gasteiger charge is -2.33. The first kappa shape index (κ1) is 16.8. The molecule has 1 aliphatic heterocycles. The summed E-state index contributed by atoms with van der Waals surface area (Å²) in [6.45, 7) is 4.36. The van der Waals surface area contributed by atoms with Gasteiger partial charge in [0.1, 0.15) is 0 Å². The molecule has 118 valence electrons. The van der Waals surface area contributed by atoms with Gasteiger partial charge in [-0.2, -0.15) is 0 Å². The number of hydrogen-bond acceptors (Lipinski definition) is 3. The zero-order valence-corrected chi connectivity index (χ0v) is 13.9. The predicted molar refractivity (Wildman–Crippen MR) is 88.9 cm³/mol. The van der Waals surface area contributed by atoms with E-state index in [1.165, 1.54) is 24.9 Å². The number of piperidine rings is 1. The minimum Gasteiger partial charge on any atom is -0.384 e. The first-order chi connectivity index (χ1) is 10.2. The molecule has 1 aliphatic rings. The van der Waals surface area contributed by atoms with Crippen LogP contribution in [0, 0.1) is 5.92 Å². The van der Waals surface area contributed by atoms with Crippen LogP contribution in [0.3, 0.4) is 0 Å². The van der Waals surface area contributed by atoms with Crippen LogP contribution in [0.2, 0.25) is 5.02 Å². The quantitative estimate of drug-likeness (QED) is 0.836. The van der Waals surface area contributed by atoms with Gasteiger partial charge in [0.05, 0.1) is 6.61 Å². The smallest absolute Gasteiger partial charge is 0.0502 e. The molecule has 3 nitrogen and oxygen atoms in total. The van der Waals surface area contributed by atoms with Crippen molar-refractivity contribution in [3.8, 4) is 0 Å². The molecule has 1 N–H and O–H groups in total. The summed E-state index contributed by atoms with van der Waals surface area (Å²) in [5.41, 5.74) is 1.20. The summed E-state index contributed by atoms with van der Waals surface area (Å²) in [5, 5.41) is 4.25. The molecule has 0 amide bonds. The number of benzene rings is 1. The monoisotopic (exact) mass is 310 g/mol. The summed E-state index contributed by atoms with van der Waals surface area (Å²) in [7, 11) is 3.81. The molecule has 1 heterocycles. The van der Waals surface area contributed by atoms with Crippen molar-refractivity contribution in [1.29, 1.82) is 0 Å². The molecule has 4 heteroatoms. The number of hydrogen-bond donors (Lipinski definition) is 1. The fourth-order valence-corrected chi connectivity index (χ4v) is 3.52. The lowest BCUT2D eigenvalue weighted by molar-refractivity contribution is 0.0887. The highest BCUT2D eigenvalue weighted by Crippen LogP contribution is 2.26. The van der Waals surface area contributed by atoms with Crippen LogP contribution in [0.15, 0.2) is 24.3 Å². The third-order valence-corrected chi connectivity index (χ3v) is 4.71. The molecule has 2 atom stereocenters. The van der Waals surface area contributed by atoms with E-state index >= 15 is 0 Å². The molecular weight excluding hydrogens is 284 g/mol. The normalized spacial score (nSPS) is 21.4. The Morgan fingerprint density at radius 3 is 2.95 bits per heavy atom. The van der Waals surface area contributed by atoms with E-state index < -0.39 is 0 Å². The molecule has 1 saturated heterocycles. The van der Waals surface area contributed by atoms with Crippen molar-refractivity contribution in [2.75, 3.05) is 40.4 Å². The predicted octanol–water partition coefficient (Wildman–Crippen LogP) is 3.35. The third kappa shape index (κ3) is 4.96. The van der Waals surface area contributed by atoms with Gasteiger partial charge < -0.3 is 15.0 Å². The second-order valence-corrected chi connectivity index (χ2v) is 6.32. The van der Waals surface area contributed by atoms with Crippen LogP contribution in [-0.2, 0) is 4.74 Å². The zero-order valence-electron chi connectivity index (χ0n) is 13.1. The average Bonchev–Trinajstić information content (AvgIpc) is 2.50. The highest BCUT2D eigenvalue weighted by Gasteiger charge is 2.21. The average molecular weight is 311 g/mol. The van der Waals surface area contributed by atoms with E-state index in [0.717, 1.165) is 31.1 Å². The summed E-state index contributed by atoms with van der Waals surface area (Å²) in [4.78, 5) is 2.56. The minimum absolute atomic E-state index is 0.321. The summed E-state index contributed by atoms with van der Waals surface area (Å²) in [6.07, 6.45) is 3.66. The van der Waals surface area contributed by atoms with Gasteiger partial charge in [-0.15, -0.1) is 0 Å². The van der Waals surface area contributed by atoms with Crippen molar-refractivity contribution < 1.29 is 4.74 Å². The summed E-state index contributed by atoms with van der Waals surface area (Å²) in [6, 6.07) is 8.45. The van der Waals surface area contributed by atoms with Crippen molar-refractivity contribution in [1.82, 2.24) is 10.2 Å². The Morgan fingerprint density at radius 1 is 1.43 bits per heavy atom. The molecule has 0 bridgehead atoms. The molecule has 2 unspecified atom stereocenters. The Labute approximate surface area is 133 Å². The molecule has 1 fully saturated rings. The largest absolute Gasteiger partial charge is 0.384 e. The maximum Gasteiger partial charge on any atom is 0.0502 e. The number of halogens is 1. The third-order valence-electron chi connectivity index (χ3n) is 4.37. The van der Waals surface area contributed by atoms with E-state index in [-0.39, 0.29) is 0 Å². The number of rotatable bonds is 7. The number of ether oxygens (including phenoxy) is 1. The molecule has 0 aliphatic carbocycles. The van der Waals surface area contributed by atoms with Crippen LogP contribution < -0.4 is 5.32 Å². The first-order valence-corrected chi connectivity index (χ1v) is 8.25. The second kappa shape index (κ2) is 8.74. The van der Waals surface area contributed by atoms with E-state index in [9.17, 15) is 0 Å². The van der Waals surface area contributed by atoms with Gasteiger partial charge in [-0.1, -0.05) is 29.8 Å². The van der Waals surface area contributed by atoms with Gasteiger partial charge >= 0.3 is 0 Å². The Kier molecular flexibility index (Phi) is 6.97. The van der Waals surface area contributed by atoms with Crippen LogP contribution >= 0.6 is 11.6 Å². The van der Waals surface area contributed by atoms with Crippen molar-refractivity contribution in [2.45, 2.75) is 25.3 Å². The molecule has 0 saturated carbocycles. The maximum atomic E-state index is 6.31. The van der Waals surface area contributed by atoms with E-state index in [4.69, 9.17) is 16.3 Å². The van der Waals surface area contributed by atoms with E-state index in [2.05, 4.69) is 22.3 Å². The van der Waals surface area contributed by atoms with Crippen LogP contribution in [0.25, 0.3) is 0 Å². The molecular formula is C17H27ClN2O. The van der Waals surface area contributed by atoms with E-state index in [0.29, 0.717) is 12.0 Å². The van der Waals surface area contributed by atoms with Crippen molar-refractivity contribution >= 4 is 11.6 Å². The Morgan fingerprint density at radius 2 is 2.24 bits per heavy atom. The van der Waals surface area contributed by atoms with Gasteiger partial charge in [0.15, 0.2) is 0 Å². The molecule has 0 aromatic heterocycles. The van der Waals surface area contributed by atoms with Gasteiger partial charge in [0.25, 0.3) is 0 Å². The van der Waals surface area contributed by atoms with Gasteiger partial charge in [0, 0.05) is 24.7 Å². The molecule has 1 aromatic carbocycles. The van der Waals surface area contributed by atoms with Crippen LogP contribution in [-0.4, -0.2) is 45.3 Å². The van der Waals surface area contributed by atoms with Gasteiger partial charge in [0.2, 0.25) is 0 Å². The molecule has 0 spiro atoms. The van der Waals surface area contributed by atoms with Crippen molar-refractivity contribution in [2.24, 2.45) is 5.92 Å². The fourth-order valence-electron chi connectivity index (χ4n) is 3.25. The standard InChI is InChI=1S/C17H27ClN2O/c1-19-17(15-7-3-4-8-16(15)18)9-11-20-10-5-6-14(12-20)13-21-2/h3-4,7-8,14,17,19H,5-6,9-13H2,1-2H3. The van der Waals surface area contributed by atoms with E-state index in [1.54, 1.807) is 7.11 Å². The minimum atomic E-state index is 0.321. The second-order valence-electron chi connectivity index (χ2n) is 5.92. The number of likely N-dealkylation sites (tertiary alicyclic amines) is 1. The molecule has 1 aromatic rings. The lowest BCUT2D eigenvalue weighted by atomic mass is 9.97. The number of methoxy groups -OCH3 is 1. The van der Waals surface area contributed by atoms with Gasteiger partial charge in [-0.25, -0.2) is 0 Å². The Bertz CT molecular complexity index is 425. The molecule has 0 radical (unpaired) electrons. The van der Waals surface area contributed by atoms with Gasteiger partial charge in [-0.3, -0.25) is 0 Å². The lowest BCUT2D eigenvalue weighted by Crippen LogP contribution is -2.38. The van der Waals surface area contributed by atoms with Crippen LogP contribution in [0.5, 0.6) is 0 Å². The van der Waals surface area contributed by atoms with Crippen LogP contribution in [0.1, 0.15) is 30.9 Å². The molecule has 2 rings (SSSR count). The number of nitrogens with zero attached hydrogens (tertiary/aromatic N) is 1. The summed E-state index contributed by atoms with van der Waals surface area (Å²) >= 11 is 6.31. The van der Waals surface area contributed by atoms with Crippen molar-refractivity contribution in [3.05, 3.63) is 34.9 Å². The number of nitrogens with one attached hydrogen (secondary N) is 1. The topological polar surface area (TPSA) is 24.5 Å². The zero-order chi connectivity index (χ0) is 15.1. The SMILES string of the molecule is CNC(CCN1CCCC(COC)C1)c1ccccc1Cl. The first-order valence-electron chi connectivity index (χ1n) is 7.87.